The Morgan fingerprint density at radius 2 is 1.72 bits per heavy atom. The van der Waals surface area contributed by atoms with Crippen LogP contribution < -0.4 is 4.90 Å². The SMILES string of the molecule is CC1CN(c2ccc3c(cnn3-c3ccc(F)cc3)c2)CCN1S(=O)(=O)c1cn(C)nc1C(F)(F)F. The molecule has 1 saturated heterocycles. The van der Waals surface area contributed by atoms with E-state index in [1.807, 2.05) is 23.1 Å². The van der Waals surface area contributed by atoms with E-state index in [2.05, 4.69) is 10.2 Å². The van der Waals surface area contributed by atoms with E-state index in [9.17, 15) is 26.0 Å². The number of aryl methyl sites for hydroxylation is 1. The monoisotopic (exact) mass is 522 g/mol. The van der Waals surface area contributed by atoms with Gasteiger partial charge >= 0.3 is 6.18 Å². The van der Waals surface area contributed by atoms with Crippen molar-refractivity contribution in [3.8, 4) is 5.69 Å². The molecular formula is C23H22F4N6O2S. The molecule has 1 atom stereocenters. The van der Waals surface area contributed by atoms with Gasteiger partial charge < -0.3 is 4.90 Å². The molecule has 8 nitrogen and oxygen atoms in total. The summed E-state index contributed by atoms with van der Waals surface area (Å²) in [6, 6.07) is 11.1. The Kier molecular flexibility index (Phi) is 5.79. The third-order valence-corrected chi connectivity index (χ3v) is 8.22. The van der Waals surface area contributed by atoms with E-state index in [1.54, 1.807) is 29.9 Å². The van der Waals surface area contributed by atoms with Crippen LogP contribution in [-0.4, -0.2) is 58.0 Å². The number of alkyl halides is 3. The van der Waals surface area contributed by atoms with Gasteiger partial charge in [-0.25, -0.2) is 17.5 Å². The lowest BCUT2D eigenvalue weighted by molar-refractivity contribution is -0.143. The first-order valence-electron chi connectivity index (χ1n) is 11.1. The highest BCUT2D eigenvalue weighted by molar-refractivity contribution is 7.89. The average Bonchev–Trinajstić information content (AvgIpc) is 3.43. The van der Waals surface area contributed by atoms with Gasteiger partial charge in [-0.05, 0) is 49.4 Å². The third-order valence-electron chi connectivity index (χ3n) is 6.20. The van der Waals surface area contributed by atoms with Gasteiger partial charge in [0.1, 0.15) is 10.7 Å². The Labute approximate surface area is 204 Å². The molecule has 36 heavy (non-hydrogen) atoms. The first kappa shape index (κ1) is 24.3. The normalized spacial score (nSPS) is 17.7. The second kappa shape index (κ2) is 8.59. The van der Waals surface area contributed by atoms with Gasteiger partial charge in [-0.3, -0.25) is 4.68 Å². The van der Waals surface area contributed by atoms with Crippen molar-refractivity contribution in [2.45, 2.75) is 24.0 Å². The van der Waals surface area contributed by atoms with Crippen LogP contribution in [0, 0.1) is 5.82 Å². The van der Waals surface area contributed by atoms with Gasteiger partial charge in [-0.15, -0.1) is 0 Å². The maximum absolute atomic E-state index is 13.4. The summed E-state index contributed by atoms with van der Waals surface area (Å²) in [5.41, 5.74) is 0.946. The zero-order valence-corrected chi connectivity index (χ0v) is 20.1. The van der Waals surface area contributed by atoms with Crippen molar-refractivity contribution in [1.82, 2.24) is 23.9 Å². The van der Waals surface area contributed by atoms with Crippen molar-refractivity contribution in [3.05, 3.63) is 66.4 Å². The van der Waals surface area contributed by atoms with E-state index in [0.29, 0.717) is 18.8 Å². The molecule has 0 radical (unpaired) electrons. The molecule has 190 valence electrons. The van der Waals surface area contributed by atoms with E-state index < -0.39 is 32.8 Å². The minimum atomic E-state index is -4.89. The molecule has 4 aromatic rings. The van der Waals surface area contributed by atoms with Crippen LogP contribution in [0.2, 0.25) is 0 Å². The fourth-order valence-corrected chi connectivity index (χ4v) is 6.32. The summed E-state index contributed by atoms with van der Waals surface area (Å²) in [5, 5.41) is 8.57. The van der Waals surface area contributed by atoms with Crippen LogP contribution >= 0.6 is 0 Å². The highest BCUT2D eigenvalue weighted by atomic mass is 32.2. The van der Waals surface area contributed by atoms with Crippen LogP contribution in [0.4, 0.5) is 23.2 Å². The van der Waals surface area contributed by atoms with Crippen LogP contribution in [0.25, 0.3) is 16.6 Å². The molecule has 13 heteroatoms. The van der Waals surface area contributed by atoms with Crippen LogP contribution in [0.3, 0.4) is 0 Å². The molecule has 1 fully saturated rings. The number of sulfonamides is 1. The summed E-state index contributed by atoms with van der Waals surface area (Å²) in [5.74, 6) is -0.342. The van der Waals surface area contributed by atoms with Crippen molar-refractivity contribution >= 4 is 26.6 Å². The number of fused-ring (bicyclic) bond motifs is 1. The Morgan fingerprint density at radius 1 is 1.03 bits per heavy atom. The van der Waals surface area contributed by atoms with E-state index in [4.69, 9.17) is 0 Å². The topological polar surface area (TPSA) is 76.3 Å². The first-order chi connectivity index (χ1) is 16.9. The molecule has 0 saturated carbocycles. The van der Waals surface area contributed by atoms with Crippen molar-refractivity contribution in [2.75, 3.05) is 24.5 Å². The second-order valence-corrected chi connectivity index (χ2v) is 10.6. The molecule has 3 heterocycles. The zero-order chi connectivity index (χ0) is 25.8. The summed E-state index contributed by atoms with van der Waals surface area (Å²) in [6.45, 7) is 2.27. The van der Waals surface area contributed by atoms with Gasteiger partial charge in [0, 0.05) is 50.0 Å². The predicted octanol–water partition coefficient (Wildman–Crippen LogP) is 3.82. The summed E-state index contributed by atoms with van der Waals surface area (Å²) in [4.78, 5) is 1.15. The van der Waals surface area contributed by atoms with Gasteiger partial charge in [-0.1, -0.05) is 0 Å². The van der Waals surface area contributed by atoms with E-state index in [-0.39, 0.29) is 12.4 Å². The average molecular weight is 523 g/mol. The number of anilines is 1. The molecule has 1 aliphatic rings. The molecule has 1 unspecified atom stereocenters. The standard InChI is InChI=1S/C23H22F4N6O2S/c1-15-13-31(9-10-32(15)36(34,35)21-14-30(2)29-22(21)23(25,26)27)19-7-8-20-16(11-19)12-28-33(20)18-5-3-17(24)4-6-18/h3-8,11-12,14-15H,9-10,13H2,1-2H3. The van der Waals surface area contributed by atoms with Crippen LogP contribution in [0.1, 0.15) is 12.6 Å². The third kappa shape index (κ3) is 4.22. The van der Waals surface area contributed by atoms with Gasteiger partial charge in [0.05, 0.1) is 17.4 Å². The number of aromatic nitrogens is 4. The molecule has 0 spiro atoms. The largest absolute Gasteiger partial charge is 0.436 e. The lowest BCUT2D eigenvalue weighted by Gasteiger charge is -2.40. The summed E-state index contributed by atoms with van der Waals surface area (Å²) in [7, 11) is -3.16. The molecule has 0 N–H and O–H groups in total. The number of hydrogen-bond acceptors (Lipinski definition) is 5. The van der Waals surface area contributed by atoms with Gasteiger partial charge in [0.15, 0.2) is 5.69 Å². The zero-order valence-electron chi connectivity index (χ0n) is 19.3. The van der Waals surface area contributed by atoms with Crippen LogP contribution in [0.15, 0.2) is 59.8 Å². The summed E-state index contributed by atoms with van der Waals surface area (Å²) < 4.78 is 83.5. The molecule has 2 aromatic heterocycles. The second-order valence-electron chi connectivity index (χ2n) is 8.70. The highest BCUT2D eigenvalue weighted by Crippen LogP contribution is 2.35. The Hall–Kier alpha value is -3.45. The Balaban J connectivity index is 1.38. The molecule has 0 bridgehead atoms. The van der Waals surface area contributed by atoms with Crippen LogP contribution in [0.5, 0.6) is 0 Å². The van der Waals surface area contributed by atoms with E-state index in [1.165, 1.54) is 19.2 Å². The fourth-order valence-electron chi connectivity index (χ4n) is 4.52. The molecular weight excluding hydrogens is 500 g/mol. The quantitative estimate of drug-likeness (QED) is 0.381. The summed E-state index contributed by atoms with van der Waals surface area (Å²) >= 11 is 0. The van der Waals surface area contributed by atoms with E-state index >= 15 is 0 Å². The molecule has 2 aromatic carbocycles. The number of hydrogen-bond donors (Lipinski definition) is 0. The summed E-state index contributed by atoms with van der Waals surface area (Å²) in [6.07, 6.45) is -2.31. The molecule has 1 aliphatic heterocycles. The van der Waals surface area contributed by atoms with Crippen molar-refractivity contribution in [3.63, 3.8) is 0 Å². The van der Waals surface area contributed by atoms with Crippen molar-refractivity contribution in [1.29, 1.82) is 0 Å². The Bertz CT molecular complexity index is 1530. The van der Waals surface area contributed by atoms with Crippen molar-refractivity contribution < 1.29 is 26.0 Å². The molecule has 5 rings (SSSR count). The maximum Gasteiger partial charge on any atom is 0.436 e. The highest BCUT2D eigenvalue weighted by Gasteiger charge is 2.44. The van der Waals surface area contributed by atoms with Gasteiger partial charge in [0.2, 0.25) is 10.0 Å². The van der Waals surface area contributed by atoms with Crippen molar-refractivity contribution in [2.24, 2.45) is 7.05 Å². The number of halogens is 4. The first-order valence-corrected chi connectivity index (χ1v) is 12.5. The number of benzene rings is 2. The van der Waals surface area contributed by atoms with E-state index in [0.717, 1.165) is 31.8 Å². The molecule has 0 amide bonds. The lowest BCUT2D eigenvalue weighted by atomic mass is 10.1. The minimum absolute atomic E-state index is 0.0164. The fraction of sp³-hybridized carbons (Fsp3) is 0.304. The number of piperazine rings is 1. The minimum Gasteiger partial charge on any atom is -0.369 e. The smallest absolute Gasteiger partial charge is 0.369 e. The number of nitrogens with zero attached hydrogens (tertiary/aromatic N) is 6. The van der Waals surface area contributed by atoms with Gasteiger partial charge in [-0.2, -0.15) is 27.7 Å². The maximum atomic E-state index is 13.4. The van der Waals surface area contributed by atoms with Gasteiger partial charge in [0.25, 0.3) is 0 Å². The lowest BCUT2D eigenvalue weighted by Crippen LogP contribution is -2.54. The number of rotatable bonds is 4. The predicted molar refractivity (Wildman–Crippen MR) is 125 cm³/mol. The molecule has 0 aliphatic carbocycles. The van der Waals surface area contributed by atoms with Crippen LogP contribution in [-0.2, 0) is 23.2 Å². The Morgan fingerprint density at radius 3 is 2.39 bits per heavy atom.